The van der Waals surface area contributed by atoms with Gasteiger partial charge in [-0.1, -0.05) is 24.3 Å². The van der Waals surface area contributed by atoms with E-state index < -0.39 is 0 Å². The van der Waals surface area contributed by atoms with Crippen molar-refractivity contribution in [3.8, 4) is 0 Å². The summed E-state index contributed by atoms with van der Waals surface area (Å²) in [5.74, 6) is 0.885. The van der Waals surface area contributed by atoms with Crippen LogP contribution in [-0.4, -0.2) is 48.7 Å². The number of rotatable bonds is 7. The fourth-order valence-electron chi connectivity index (χ4n) is 3.30. The zero-order chi connectivity index (χ0) is 17.3. The Morgan fingerprint density at radius 3 is 2.50 bits per heavy atom. The van der Waals surface area contributed by atoms with E-state index in [-0.39, 0.29) is 24.0 Å². The van der Waals surface area contributed by atoms with Crippen LogP contribution >= 0.6 is 24.0 Å². The van der Waals surface area contributed by atoms with E-state index in [1.807, 2.05) is 19.2 Å². The van der Waals surface area contributed by atoms with Crippen LogP contribution in [0.25, 0.3) is 0 Å². The van der Waals surface area contributed by atoms with Crippen LogP contribution < -0.4 is 10.6 Å². The summed E-state index contributed by atoms with van der Waals surface area (Å²) in [6.07, 6.45) is 6.45. The predicted molar refractivity (Wildman–Crippen MR) is 119 cm³/mol. The zero-order valence-electron chi connectivity index (χ0n) is 15.5. The number of aromatic nitrogens is 1. The average Bonchev–Trinajstić information content (AvgIpc) is 3.17. The quantitative estimate of drug-likeness (QED) is 0.285. The molecule has 2 N–H and O–H groups in total. The Morgan fingerprint density at radius 2 is 1.73 bits per heavy atom. The summed E-state index contributed by atoms with van der Waals surface area (Å²) in [7, 11) is 1.83. The molecule has 142 valence electrons. The lowest BCUT2D eigenvalue weighted by Gasteiger charge is -2.28. The highest BCUT2D eigenvalue weighted by Gasteiger charge is 2.14. The number of aliphatic imine (C=N–C) groups is 1. The number of benzene rings is 1. The lowest BCUT2D eigenvalue weighted by molar-refractivity contribution is 0.251. The molecular formula is C20H30IN5. The van der Waals surface area contributed by atoms with Crippen molar-refractivity contribution in [3.05, 3.63) is 59.9 Å². The molecule has 6 heteroatoms. The molecule has 0 radical (unpaired) electrons. The van der Waals surface area contributed by atoms with Gasteiger partial charge in [-0.2, -0.15) is 0 Å². The van der Waals surface area contributed by atoms with Crippen molar-refractivity contribution in [3.63, 3.8) is 0 Å². The third kappa shape index (κ3) is 6.32. The molecule has 0 fully saturated rings. The van der Waals surface area contributed by atoms with Crippen molar-refractivity contribution >= 4 is 29.9 Å². The topological polar surface area (TPSA) is 44.6 Å². The van der Waals surface area contributed by atoms with Gasteiger partial charge in [0.25, 0.3) is 0 Å². The summed E-state index contributed by atoms with van der Waals surface area (Å²) in [6.45, 7) is 6.14. The second-order valence-electron chi connectivity index (χ2n) is 6.50. The molecule has 2 heterocycles. The standard InChI is InChI=1S/C20H29N5.HI/c1-21-20(23-11-16-24-12-4-5-13-24)22-10-6-14-25-15-9-18-7-2-3-8-19(18)17-25;/h2-5,7-8,12-13H,6,9-11,14-17H2,1H3,(H2,21,22,23);1H. The van der Waals surface area contributed by atoms with Crippen LogP contribution in [-0.2, 0) is 19.5 Å². The minimum absolute atomic E-state index is 0. The Morgan fingerprint density at radius 1 is 1.00 bits per heavy atom. The van der Waals surface area contributed by atoms with Crippen LogP contribution in [0.3, 0.4) is 0 Å². The summed E-state index contributed by atoms with van der Waals surface area (Å²) >= 11 is 0. The monoisotopic (exact) mass is 467 g/mol. The number of hydrogen-bond donors (Lipinski definition) is 2. The number of hydrogen-bond acceptors (Lipinski definition) is 2. The Bertz CT molecular complexity index is 669. The van der Waals surface area contributed by atoms with Crippen molar-refractivity contribution in [2.24, 2.45) is 4.99 Å². The third-order valence-corrected chi connectivity index (χ3v) is 4.71. The van der Waals surface area contributed by atoms with Crippen LogP contribution in [0.5, 0.6) is 0 Å². The minimum atomic E-state index is 0. The van der Waals surface area contributed by atoms with Crippen molar-refractivity contribution in [2.75, 3.05) is 33.2 Å². The van der Waals surface area contributed by atoms with Gasteiger partial charge in [0.1, 0.15) is 0 Å². The lowest BCUT2D eigenvalue weighted by atomic mass is 10.00. The van der Waals surface area contributed by atoms with Crippen molar-refractivity contribution in [1.29, 1.82) is 0 Å². The first kappa shape index (κ1) is 20.8. The molecule has 0 saturated carbocycles. The third-order valence-electron chi connectivity index (χ3n) is 4.71. The van der Waals surface area contributed by atoms with Gasteiger partial charge in [-0.15, -0.1) is 24.0 Å². The molecule has 0 bridgehead atoms. The van der Waals surface area contributed by atoms with Gasteiger partial charge in [-0.25, -0.2) is 0 Å². The highest BCUT2D eigenvalue weighted by molar-refractivity contribution is 14.0. The fourth-order valence-corrected chi connectivity index (χ4v) is 3.30. The maximum atomic E-state index is 4.29. The average molecular weight is 467 g/mol. The Kier molecular flexibility index (Phi) is 8.97. The van der Waals surface area contributed by atoms with E-state index in [4.69, 9.17) is 0 Å². The van der Waals surface area contributed by atoms with E-state index in [1.54, 1.807) is 0 Å². The molecule has 0 unspecified atom stereocenters. The van der Waals surface area contributed by atoms with Crippen molar-refractivity contribution in [2.45, 2.75) is 25.9 Å². The SMILES string of the molecule is CN=C(NCCCN1CCc2ccccc2C1)NCCn1cccc1.I. The Labute approximate surface area is 173 Å². The number of nitrogens with zero attached hydrogens (tertiary/aromatic N) is 3. The van der Waals surface area contributed by atoms with E-state index in [0.29, 0.717) is 0 Å². The molecular weight excluding hydrogens is 437 g/mol. The summed E-state index contributed by atoms with van der Waals surface area (Å²) in [6, 6.07) is 12.9. The second-order valence-corrected chi connectivity index (χ2v) is 6.50. The number of halogens is 1. The van der Waals surface area contributed by atoms with Gasteiger partial charge in [0.05, 0.1) is 0 Å². The van der Waals surface area contributed by atoms with E-state index in [1.165, 1.54) is 24.1 Å². The summed E-state index contributed by atoms with van der Waals surface area (Å²) in [4.78, 5) is 6.84. The lowest BCUT2D eigenvalue weighted by Crippen LogP contribution is -2.40. The van der Waals surface area contributed by atoms with Crippen LogP contribution in [0, 0.1) is 0 Å². The highest BCUT2D eigenvalue weighted by Crippen LogP contribution is 2.18. The molecule has 3 rings (SSSR count). The zero-order valence-corrected chi connectivity index (χ0v) is 17.9. The van der Waals surface area contributed by atoms with Crippen LogP contribution in [0.2, 0.25) is 0 Å². The van der Waals surface area contributed by atoms with Gasteiger partial charge in [0, 0.05) is 58.7 Å². The number of nitrogens with one attached hydrogen (secondary N) is 2. The van der Waals surface area contributed by atoms with E-state index >= 15 is 0 Å². The first-order valence-corrected chi connectivity index (χ1v) is 9.19. The number of fused-ring (bicyclic) bond motifs is 1. The molecule has 1 aliphatic rings. The molecule has 0 spiro atoms. The maximum Gasteiger partial charge on any atom is 0.191 e. The van der Waals surface area contributed by atoms with E-state index in [9.17, 15) is 0 Å². The second kappa shape index (κ2) is 11.2. The van der Waals surface area contributed by atoms with E-state index in [0.717, 1.165) is 45.1 Å². The maximum absolute atomic E-state index is 4.29. The van der Waals surface area contributed by atoms with Crippen molar-refractivity contribution in [1.82, 2.24) is 20.1 Å². The fraction of sp³-hybridized carbons (Fsp3) is 0.450. The summed E-state index contributed by atoms with van der Waals surface area (Å²) < 4.78 is 2.16. The van der Waals surface area contributed by atoms with Crippen LogP contribution in [0.15, 0.2) is 53.8 Å². The molecule has 1 aromatic carbocycles. The summed E-state index contributed by atoms with van der Waals surface area (Å²) in [5.41, 5.74) is 3.01. The first-order chi connectivity index (χ1) is 12.3. The molecule has 5 nitrogen and oxygen atoms in total. The van der Waals surface area contributed by atoms with E-state index in [2.05, 4.69) is 61.8 Å². The first-order valence-electron chi connectivity index (χ1n) is 9.19. The summed E-state index contributed by atoms with van der Waals surface area (Å²) in [5, 5.41) is 6.77. The van der Waals surface area contributed by atoms with Gasteiger partial charge >= 0.3 is 0 Å². The van der Waals surface area contributed by atoms with Crippen molar-refractivity contribution < 1.29 is 0 Å². The van der Waals surface area contributed by atoms with Gasteiger partial charge in [-0.05, 0) is 36.1 Å². The minimum Gasteiger partial charge on any atom is -0.356 e. The normalized spacial score (nSPS) is 14.4. The Balaban J connectivity index is 0.00000243. The number of guanidine groups is 1. The molecule has 2 aromatic rings. The van der Waals surface area contributed by atoms with Gasteiger partial charge in [0.15, 0.2) is 5.96 Å². The molecule has 1 aliphatic heterocycles. The van der Waals surface area contributed by atoms with Gasteiger partial charge < -0.3 is 15.2 Å². The molecule has 1 aromatic heterocycles. The largest absolute Gasteiger partial charge is 0.356 e. The molecule has 0 saturated heterocycles. The molecule has 26 heavy (non-hydrogen) atoms. The molecule has 0 aliphatic carbocycles. The molecule has 0 amide bonds. The molecule has 0 atom stereocenters. The smallest absolute Gasteiger partial charge is 0.191 e. The Hall–Kier alpha value is -1.54. The van der Waals surface area contributed by atoms with Crippen LogP contribution in [0.1, 0.15) is 17.5 Å². The predicted octanol–water partition coefficient (Wildman–Crippen LogP) is 2.72. The highest BCUT2D eigenvalue weighted by atomic mass is 127. The van der Waals surface area contributed by atoms with Gasteiger partial charge in [-0.3, -0.25) is 9.89 Å². The van der Waals surface area contributed by atoms with Crippen LogP contribution in [0.4, 0.5) is 0 Å². The van der Waals surface area contributed by atoms with Gasteiger partial charge in [0.2, 0.25) is 0 Å².